The van der Waals surface area contributed by atoms with Crippen molar-refractivity contribution in [3.05, 3.63) is 71.0 Å². The minimum atomic E-state index is -0.310. The Morgan fingerprint density at radius 3 is 2.38 bits per heavy atom. The van der Waals surface area contributed by atoms with E-state index in [2.05, 4.69) is 10.3 Å². The molecule has 0 unspecified atom stereocenters. The smallest absolute Gasteiger partial charge is 0.260 e. The normalized spacial score (nSPS) is 10.6. The Morgan fingerprint density at radius 2 is 1.68 bits per heavy atom. The second kappa shape index (κ2) is 10.3. The predicted octanol–water partition coefficient (Wildman–Crippen LogP) is 5.57. The molecule has 1 N–H and O–H groups in total. The summed E-state index contributed by atoms with van der Waals surface area (Å²) in [4.78, 5) is 17.4. The van der Waals surface area contributed by atoms with E-state index in [4.69, 9.17) is 23.4 Å². The van der Waals surface area contributed by atoms with Crippen molar-refractivity contribution in [3.63, 3.8) is 0 Å². The van der Waals surface area contributed by atoms with Gasteiger partial charge in [0, 0.05) is 10.9 Å². The molecule has 34 heavy (non-hydrogen) atoms. The van der Waals surface area contributed by atoms with Gasteiger partial charge in [-0.3, -0.25) is 10.1 Å². The van der Waals surface area contributed by atoms with Gasteiger partial charge in [-0.15, -0.1) is 11.3 Å². The number of hydrogen-bond donors (Lipinski definition) is 1. The molecule has 0 saturated heterocycles. The molecular formula is C25H24N2O6S. The van der Waals surface area contributed by atoms with Crippen LogP contribution in [0.25, 0.3) is 11.3 Å². The van der Waals surface area contributed by atoms with Crippen LogP contribution in [0.4, 0.5) is 5.13 Å². The lowest BCUT2D eigenvalue weighted by Gasteiger charge is -2.08. The maximum absolute atomic E-state index is 12.9. The summed E-state index contributed by atoms with van der Waals surface area (Å²) < 4.78 is 27.3. The molecule has 2 aromatic carbocycles. The molecule has 4 rings (SSSR count). The van der Waals surface area contributed by atoms with Crippen molar-refractivity contribution >= 4 is 22.4 Å². The van der Waals surface area contributed by atoms with E-state index < -0.39 is 0 Å². The van der Waals surface area contributed by atoms with E-state index in [1.54, 1.807) is 46.5 Å². The fraction of sp³-hybridized carbons (Fsp3) is 0.200. The maximum atomic E-state index is 12.9. The van der Waals surface area contributed by atoms with Crippen molar-refractivity contribution in [2.45, 2.75) is 13.5 Å². The van der Waals surface area contributed by atoms with Crippen molar-refractivity contribution in [1.82, 2.24) is 4.98 Å². The number of hydrogen-bond acceptors (Lipinski definition) is 8. The van der Waals surface area contributed by atoms with Gasteiger partial charge in [0.05, 0.1) is 32.6 Å². The zero-order chi connectivity index (χ0) is 24.1. The Bertz CT molecular complexity index is 1280. The third-order valence-electron chi connectivity index (χ3n) is 5.06. The van der Waals surface area contributed by atoms with E-state index in [0.717, 1.165) is 11.3 Å². The van der Waals surface area contributed by atoms with E-state index in [0.29, 0.717) is 45.2 Å². The number of ether oxygens (including phenoxy) is 4. The van der Waals surface area contributed by atoms with Gasteiger partial charge in [-0.1, -0.05) is 0 Å². The van der Waals surface area contributed by atoms with Crippen LogP contribution >= 0.6 is 11.3 Å². The summed E-state index contributed by atoms with van der Waals surface area (Å²) in [5.74, 6) is 3.50. The summed E-state index contributed by atoms with van der Waals surface area (Å²) in [5.41, 5.74) is 1.87. The SMILES string of the molecule is COc1ccc(OCc2cc(C(=O)Nc3nc(-c4cc(OC)ccc4OC)cs3)c(C)o2)cc1. The van der Waals surface area contributed by atoms with Crippen LogP contribution in [0.1, 0.15) is 21.9 Å². The van der Waals surface area contributed by atoms with E-state index in [-0.39, 0.29) is 12.5 Å². The maximum Gasteiger partial charge on any atom is 0.260 e. The number of anilines is 1. The molecule has 0 fully saturated rings. The van der Waals surface area contributed by atoms with Crippen LogP contribution in [0.3, 0.4) is 0 Å². The van der Waals surface area contributed by atoms with E-state index in [1.807, 2.05) is 35.7 Å². The van der Waals surface area contributed by atoms with Crippen LogP contribution in [0.15, 0.2) is 58.3 Å². The Labute approximate surface area is 201 Å². The average molecular weight is 481 g/mol. The highest BCUT2D eigenvalue weighted by Gasteiger charge is 2.18. The van der Waals surface area contributed by atoms with Gasteiger partial charge in [0.1, 0.15) is 41.1 Å². The molecule has 0 atom stereocenters. The number of aryl methyl sites for hydroxylation is 1. The quantitative estimate of drug-likeness (QED) is 0.335. The average Bonchev–Trinajstić information content (AvgIpc) is 3.48. The van der Waals surface area contributed by atoms with Gasteiger partial charge in [-0.05, 0) is 55.5 Å². The van der Waals surface area contributed by atoms with Gasteiger partial charge in [0.25, 0.3) is 5.91 Å². The highest BCUT2D eigenvalue weighted by Crippen LogP contribution is 2.35. The number of thiazole rings is 1. The fourth-order valence-electron chi connectivity index (χ4n) is 3.30. The molecule has 0 aliphatic rings. The van der Waals surface area contributed by atoms with E-state index in [9.17, 15) is 4.79 Å². The van der Waals surface area contributed by atoms with E-state index >= 15 is 0 Å². The van der Waals surface area contributed by atoms with Gasteiger partial charge in [0.15, 0.2) is 5.13 Å². The molecule has 1 amide bonds. The lowest BCUT2D eigenvalue weighted by atomic mass is 10.1. The zero-order valence-corrected chi connectivity index (χ0v) is 20.0. The molecule has 2 heterocycles. The number of furan rings is 1. The standard InChI is InChI=1S/C25H24N2O6S/c1-15-20(12-19(33-15)13-32-17-7-5-16(29-2)6-8-17)24(28)27-25-26-22(14-34-25)21-11-18(30-3)9-10-23(21)31-4/h5-12,14H,13H2,1-4H3,(H,26,27,28). The molecule has 4 aromatic rings. The summed E-state index contributed by atoms with van der Waals surface area (Å²) in [6.07, 6.45) is 0. The Kier molecular flexibility index (Phi) is 7.03. The molecule has 0 spiro atoms. The first-order valence-electron chi connectivity index (χ1n) is 10.4. The summed E-state index contributed by atoms with van der Waals surface area (Å²) >= 11 is 1.32. The van der Waals surface area contributed by atoms with Crippen LogP contribution in [0.5, 0.6) is 23.0 Å². The van der Waals surface area contributed by atoms with Crippen molar-refractivity contribution < 1.29 is 28.2 Å². The molecule has 0 bridgehead atoms. The molecule has 0 saturated carbocycles. The minimum Gasteiger partial charge on any atom is -0.497 e. The summed E-state index contributed by atoms with van der Waals surface area (Å²) in [7, 11) is 4.80. The highest BCUT2D eigenvalue weighted by molar-refractivity contribution is 7.14. The van der Waals surface area contributed by atoms with Gasteiger partial charge in [-0.25, -0.2) is 4.98 Å². The lowest BCUT2D eigenvalue weighted by molar-refractivity contribution is 0.102. The van der Waals surface area contributed by atoms with Gasteiger partial charge < -0.3 is 23.4 Å². The first-order chi connectivity index (χ1) is 16.5. The molecule has 0 aliphatic heterocycles. The zero-order valence-electron chi connectivity index (χ0n) is 19.2. The van der Waals surface area contributed by atoms with Crippen molar-refractivity contribution in [2.75, 3.05) is 26.6 Å². The number of rotatable bonds is 9. The van der Waals surface area contributed by atoms with Crippen molar-refractivity contribution in [2.24, 2.45) is 0 Å². The lowest BCUT2D eigenvalue weighted by Crippen LogP contribution is -2.11. The summed E-state index contributed by atoms with van der Waals surface area (Å²) in [6, 6.07) is 14.4. The van der Waals surface area contributed by atoms with Gasteiger partial charge in [-0.2, -0.15) is 0 Å². The number of methoxy groups -OCH3 is 3. The number of carbonyl (C=O) groups is 1. The third-order valence-corrected chi connectivity index (χ3v) is 5.82. The molecule has 2 aromatic heterocycles. The third kappa shape index (κ3) is 5.15. The monoisotopic (exact) mass is 480 g/mol. The molecular weight excluding hydrogens is 456 g/mol. The number of benzene rings is 2. The fourth-order valence-corrected chi connectivity index (χ4v) is 4.01. The van der Waals surface area contributed by atoms with Crippen LogP contribution in [0.2, 0.25) is 0 Å². The molecule has 8 nitrogen and oxygen atoms in total. The van der Waals surface area contributed by atoms with Crippen LogP contribution in [-0.2, 0) is 6.61 Å². The highest BCUT2D eigenvalue weighted by atomic mass is 32.1. The largest absolute Gasteiger partial charge is 0.497 e. The molecule has 0 aliphatic carbocycles. The Hall–Kier alpha value is -3.98. The first-order valence-corrected chi connectivity index (χ1v) is 11.2. The molecule has 0 radical (unpaired) electrons. The summed E-state index contributed by atoms with van der Waals surface area (Å²) in [6.45, 7) is 1.93. The Morgan fingerprint density at radius 1 is 0.971 bits per heavy atom. The van der Waals surface area contributed by atoms with Crippen LogP contribution in [-0.4, -0.2) is 32.2 Å². The van der Waals surface area contributed by atoms with E-state index in [1.165, 1.54) is 11.3 Å². The first kappa shape index (κ1) is 23.2. The van der Waals surface area contributed by atoms with Crippen LogP contribution in [0, 0.1) is 6.92 Å². The number of carbonyl (C=O) groups excluding carboxylic acids is 1. The topological polar surface area (TPSA) is 92.1 Å². The molecule has 176 valence electrons. The number of aromatic nitrogens is 1. The number of amides is 1. The predicted molar refractivity (Wildman–Crippen MR) is 129 cm³/mol. The molecule has 9 heteroatoms. The second-order valence-corrected chi connectivity index (χ2v) is 8.06. The second-order valence-electron chi connectivity index (χ2n) is 7.21. The Balaban J connectivity index is 1.43. The number of nitrogens with one attached hydrogen (secondary N) is 1. The van der Waals surface area contributed by atoms with Crippen LogP contribution < -0.4 is 24.3 Å². The van der Waals surface area contributed by atoms with Crippen molar-refractivity contribution in [1.29, 1.82) is 0 Å². The number of nitrogens with zero attached hydrogens (tertiary/aromatic N) is 1. The van der Waals surface area contributed by atoms with Gasteiger partial charge >= 0.3 is 0 Å². The minimum absolute atomic E-state index is 0.192. The van der Waals surface area contributed by atoms with Crippen molar-refractivity contribution in [3.8, 4) is 34.3 Å². The summed E-state index contributed by atoms with van der Waals surface area (Å²) in [5, 5.41) is 5.15. The van der Waals surface area contributed by atoms with Gasteiger partial charge in [0.2, 0.25) is 0 Å².